The van der Waals surface area contributed by atoms with Crippen molar-refractivity contribution < 1.29 is 5.11 Å². The fourth-order valence-electron chi connectivity index (χ4n) is 2.80. The van der Waals surface area contributed by atoms with Crippen molar-refractivity contribution in [1.82, 2.24) is 10.3 Å². The molecule has 0 fully saturated rings. The quantitative estimate of drug-likeness (QED) is 0.650. The number of benzene rings is 1. The highest BCUT2D eigenvalue weighted by molar-refractivity contribution is 5.92. The molecule has 1 aliphatic rings. The first-order chi connectivity index (χ1) is 8.16. The molecular formula is C14H18N2O. The predicted octanol–water partition coefficient (Wildman–Crippen LogP) is 2.26. The first-order valence-corrected chi connectivity index (χ1v) is 6.22. The Morgan fingerprint density at radius 2 is 2.18 bits per heavy atom. The van der Waals surface area contributed by atoms with Gasteiger partial charge in [-0.2, -0.15) is 0 Å². The van der Waals surface area contributed by atoms with E-state index >= 15 is 0 Å². The van der Waals surface area contributed by atoms with Crippen LogP contribution in [0.4, 0.5) is 0 Å². The number of phenols is 1. The molecule has 0 amide bonds. The van der Waals surface area contributed by atoms with Crippen LogP contribution in [0.15, 0.2) is 12.1 Å². The van der Waals surface area contributed by atoms with Crippen molar-refractivity contribution in [2.45, 2.75) is 32.7 Å². The molecule has 90 valence electrons. The van der Waals surface area contributed by atoms with E-state index < -0.39 is 0 Å². The summed E-state index contributed by atoms with van der Waals surface area (Å²) in [5, 5.41) is 14.6. The molecule has 0 saturated heterocycles. The Kier molecular flexibility index (Phi) is 2.37. The zero-order valence-electron chi connectivity index (χ0n) is 10.3. The maximum Gasteiger partial charge on any atom is 0.125 e. The third kappa shape index (κ3) is 1.62. The zero-order chi connectivity index (χ0) is 12.0. The van der Waals surface area contributed by atoms with Gasteiger partial charge in [0.05, 0.1) is 5.52 Å². The van der Waals surface area contributed by atoms with Crippen LogP contribution in [-0.4, -0.2) is 22.7 Å². The van der Waals surface area contributed by atoms with E-state index in [0.717, 1.165) is 30.3 Å². The minimum Gasteiger partial charge on any atom is -0.507 e. The van der Waals surface area contributed by atoms with Gasteiger partial charge >= 0.3 is 0 Å². The largest absolute Gasteiger partial charge is 0.507 e. The summed E-state index contributed by atoms with van der Waals surface area (Å²) < 4.78 is 0. The summed E-state index contributed by atoms with van der Waals surface area (Å²) in [4.78, 5) is 3.49. The number of aromatic nitrogens is 1. The van der Waals surface area contributed by atoms with Crippen LogP contribution in [0.2, 0.25) is 0 Å². The summed E-state index contributed by atoms with van der Waals surface area (Å²) in [6.45, 7) is 5.28. The van der Waals surface area contributed by atoms with Crippen LogP contribution in [0.5, 0.6) is 5.75 Å². The number of rotatable bonds is 0. The fourth-order valence-corrected chi connectivity index (χ4v) is 2.80. The zero-order valence-corrected chi connectivity index (χ0v) is 10.3. The Labute approximate surface area is 101 Å². The Hall–Kier alpha value is -1.48. The molecule has 17 heavy (non-hydrogen) atoms. The lowest BCUT2D eigenvalue weighted by Gasteiger charge is -2.09. The molecule has 2 aromatic rings. The monoisotopic (exact) mass is 230 g/mol. The molecule has 3 heteroatoms. The van der Waals surface area contributed by atoms with Gasteiger partial charge in [0.25, 0.3) is 0 Å². The lowest BCUT2D eigenvalue weighted by atomic mass is 10.0. The number of aromatic amines is 1. The average Bonchev–Trinajstić information content (AvgIpc) is 2.55. The van der Waals surface area contributed by atoms with Gasteiger partial charge in [-0.1, -0.05) is 6.07 Å². The minimum atomic E-state index is 0.400. The molecule has 1 aromatic carbocycles. The van der Waals surface area contributed by atoms with E-state index in [-0.39, 0.29) is 0 Å². The molecule has 0 unspecified atom stereocenters. The van der Waals surface area contributed by atoms with Gasteiger partial charge in [-0.05, 0) is 37.5 Å². The summed E-state index contributed by atoms with van der Waals surface area (Å²) in [6.07, 6.45) is 1.99. The molecule has 2 heterocycles. The smallest absolute Gasteiger partial charge is 0.125 e. The van der Waals surface area contributed by atoms with Crippen LogP contribution in [0.1, 0.15) is 23.7 Å². The topological polar surface area (TPSA) is 48.0 Å². The van der Waals surface area contributed by atoms with E-state index in [1.54, 1.807) is 6.07 Å². The van der Waals surface area contributed by atoms with Crippen molar-refractivity contribution in [1.29, 1.82) is 0 Å². The van der Waals surface area contributed by atoms with Crippen LogP contribution in [-0.2, 0) is 12.8 Å². The van der Waals surface area contributed by atoms with Gasteiger partial charge in [0, 0.05) is 30.1 Å². The van der Waals surface area contributed by atoms with Crippen molar-refractivity contribution in [2.24, 2.45) is 0 Å². The maximum absolute atomic E-state index is 10.1. The summed E-state index contributed by atoms with van der Waals surface area (Å²) >= 11 is 0. The molecule has 1 aromatic heterocycles. The second-order valence-electron chi connectivity index (χ2n) is 5.04. The molecule has 1 aliphatic heterocycles. The Bertz CT molecular complexity index is 571. The van der Waals surface area contributed by atoms with Crippen molar-refractivity contribution >= 4 is 10.9 Å². The molecule has 3 N–H and O–H groups in total. The molecule has 3 nitrogen and oxygen atoms in total. The van der Waals surface area contributed by atoms with E-state index in [1.165, 1.54) is 16.8 Å². The molecule has 1 atom stereocenters. The molecule has 0 saturated carbocycles. The predicted molar refractivity (Wildman–Crippen MR) is 69.6 cm³/mol. The average molecular weight is 230 g/mol. The van der Waals surface area contributed by atoms with Crippen LogP contribution < -0.4 is 5.32 Å². The normalized spacial score (nSPS) is 20.2. The summed E-state index contributed by atoms with van der Waals surface area (Å²) in [7, 11) is 0. The fraction of sp³-hybridized carbons (Fsp3) is 0.429. The third-order valence-electron chi connectivity index (χ3n) is 3.71. The maximum atomic E-state index is 10.1. The van der Waals surface area contributed by atoms with Gasteiger partial charge in [0.1, 0.15) is 5.75 Å². The van der Waals surface area contributed by atoms with E-state index in [2.05, 4.69) is 24.1 Å². The van der Waals surface area contributed by atoms with Gasteiger partial charge in [-0.15, -0.1) is 0 Å². The lowest BCUT2D eigenvalue weighted by Crippen LogP contribution is -2.27. The van der Waals surface area contributed by atoms with Crippen LogP contribution >= 0.6 is 0 Å². The SMILES string of the molecule is Cc1ccc(O)c2c3c([nH]c12)CCN[C@@H](C)C3. The van der Waals surface area contributed by atoms with Gasteiger partial charge in [-0.3, -0.25) is 0 Å². The minimum absolute atomic E-state index is 0.400. The molecule has 0 aliphatic carbocycles. The second-order valence-corrected chi connectivity index (χ2v) is 5.04. The van der Waals surface area contributed by atoms with Gasteiger partial charge < -0.3 is 15.4 Å². The summed E-state index contributed by atoms with van der Waals surface area (Å²) in [5.74, 6) is 0.400. The number of nitrogens with one attached hydrogen (secondary N) is 2. The highest BCUT2D eigenvalue weighted by Crippen LogP contribution is 2.34. The van der Waals surface area contributed by atoms with Gasteiger partial charge in [0.2, 0.25) is 0 Å². The number of H-pyrrole nitrogens is 1. The second kappa shape index (κ2) is 3.77. The van der Waals surface area contributed by atoms with Crippen molar-refractivity contribution in [3.63, 3.8) is 0 Å². The van der Waals surface area contributed by atoms with Gasteiger partial charge in [0.15, 0.2) is 0 Å². The van der Waals surface area contributed by atoms with Crippen molar-refractivity contribution in [3.8, 4) is 5.75 Å². The van der Waals surface area contributed by atoms with Crippen molar-refractivity contribution in [2.75, 3.05) is 6.54 Å². The molecule has 0 spiro atoms. The third-order valence-corrected chi connectivity index (χ3v) is 3.71. The Morgan fingerprint density at radius 1 is 1.35 bits per heavy atom. The van der Waals surface area contributed by atoms with E-state index in [0.29, 0.717) is 11.8 Å². The number of phenolic OH excluding ortho intramolecular Hbond substituents is 1. The van der Waals surface area contributed by atoms with Crippen LogP contribution in [0.3, 0.4) is 0 Å². The molecule has 0 bridgehead atoms. The van der Waals surface area contributed by atoms with E-state index in [1.807, 2.05) is 6.07 Å². The summed E-state index contributed by atoms with van der Waals surface area (Å²) in [5.41, 5.74) is 4.87. The van der Waals surface area contributed by atoms with E-state index in [9.17, 15) is 5.11 Å². The first-order valence-electron chi connectivity index (χ1n) is 6.22. The first kappa shape index (κ1) is 10.7. The molecular weight excluding hydrogens is 212 g/mol. The molecule has 0 radical (unpaired) electrons. The number of hydrogen-bond acceptors (Lipinski definition) is 2. The van der Waals surface area contributed by atoms with Crippen molar-refractivity contribution in [3.05, 3.63) is 29.0 Å². The number of aromatic hydroxyl groups is 1. The Morgan fingerprint density at radius 3 is 3.00 bits per heavy atom. The molecule has 3 rings (SSSR count). The summed E-state index contributed by atoms with van der Waals surface area (Å²) in [6, 6.07) is 4.24. The lowest BCUT2D eigenvalue weighted by molar-refractivity contribution is 0.481. The highest BCUT2D eigenvalue weighted by atomic mass is 16.3. The van der Waals surface area contributed by atoms with Gasteiger partial charge in [-0.25, -0.2) is 0 Å². The Balaban J connectivity index is 2.30. The number of aryl methyl sites for hydroxylation is 1. The number of hydrogen-bond donors (Lipinski definition) is 3. The van der Waals surface area contributed by atoms with Crippen LogP contribution in [0, 0.1) is 6.92 Å². The highest BCUT2D eigenvalue weighted by Gasteiger charge is 2.20. The van der Waals surface area contributed by atoms with Crippen LogP contribution in [0.25, 0.3) is 10.9 Å². The number of fused-ring (bicyclic) bond motifs is 3. The van der Waals surface area contributed by atoms with E-state index in [4.69, 9.17) is 0 Å². The standard InChI is InChI=1S/C14H18N2O/c1-8-3-4-12(17)13-10-7-9(2)15-6-5-11(10)16-14(8)13/h3-4,9,15-17H,5-7H2,1-2H3/t9-/m0/s1.